The predicted octanol–water partition coefficient (Wildman–Crippen LogP) is 1.59. The molecule has 3 nitrogen and oxygen atoms in total. The summed E-state index contributed by atoms with van der Waals surface area (Å²) in [6, 6.07) is 0. The van der Waals surface area contributed by atoms with Crippen molar-refractivity contribution in [2.24, 2.45) is 5.73 Å². The summed E-state index contributed by atoms with van der Waals surface area (Å²) in [5, 5.41) is 1.31. The highest BCUT2D eigenvalue weighted by Crippen LogP contribution is 2.51. The van der Waals surface area contributed by atoms with Crippen LogP contribution in [0.1, 0.15) is 29.1 Å². The van der Waals surface area contributed by atoms with E-state index in [1.54, 1.807) is 0 Å². The first-order chi connectivity index (χ1) is 7.16. The van der Waals surface area contributed by atoms with Gasteiger partial charge in [0.2, 0.25) is 0 Å². The van der Waals surface area contributed by atoms with Crippen molar-refractivity contribution in [1.82, 2.24) is 9.88 Å². The van der Waals surface area contributed by atoms with Crippen molar-refractivity contribution in [2.45, 2.75) is 31.2 Å². The van der Waals surface area contributed by atoms with E-state index in [0.29, 0.717) is 5.41 Å². The van der Waals surface area contributed by atoms with Gasteiger partial charge in [-0.05, 0) is 39.9 Å². The van der Waals surface area contributed by atoms with Crippen molar-refractivity contribution >= 4 is 11.3 Å². The predicted molar refractivity (Wildman–Crippen MR) is 64.1 cm³/mol. The van der Waals surface area contributed by atoms with Gasteiger partial charge in [0.25, 0.3) is 0 Å². The summed E-state index contributed by atoms with van der Waals surface area (Å²) >= 11 is 1.86. The number of nitrogens with two attached hydrogens (primary N) is 1. The van der Waals surface area contributed by atoms with Crippen LogP contribution in [-0.2, 0) is 12.0 Å². The molecular weight excluding hydrogens is 206 g/mol. The molecule has 0 saturated heterocycles. The smallest absolute Gasteiger partial charge is 0.0990 e. The third kappa shape index (κ3) is 2.38. The molecule has 1 aromatic rings. The highest BCUT2D eigenvalue weighted by Gasteiger charge is 2.45. The van der Waals surface area contributed by atoms with E-state index in [4.69, 9.17) is 5.73 Å². The summed E-state index contributed by atoms with van der Waals surface area (Å²) in [6.07, 6.45) is 5.68. The minimum atomic E-state index is 0.365. The molecule has 2 rings (SSSR count). The molecule has 1 aliphatic carbocycles. The van der Waals surface area contributed by atoms with Crippen molar-refractivity contribution in [1.29, 1.82) is 0 Å². The number of nitrogens with zero attached hydrogens (tertiary/aromatic N) is 2. The molecule has 4 heteroatoms. The molecule has 1 heterocycles. The normalized spacial score (nSPS) is 18.4. The zero-order valence-electron chi connectivity index (χ0n) is 9.49. The number of rotatable bonds is 5. The Morgan fingerprint density at radius 2 is 2.27 bits per heavy atom. The Morgan fingerprint density at radius 1 is 1.53 bits per heavy atom. The van der Waals surface area contributed by atoms with Crippen molar-refractivity contribution in [2.75, 3.05) is 20.6 Å². The van der Waals surface area contributed by atoms with Crippen molar-refractivity contribution in [3.8, 4) is 0 Å². The maximum Gasteiger partial charge on any atom is 0.0990 e. The van der Waals surface area contributed by atoms with Gasteiger partial charge in [0.05, 0.1) is 5.01 Å². The third-order valence-corrected chi connectivity index (χ3v) is 4.18. The van der Waals surface area contributed by atoms with E-state index >= 15 is 0 Å². The average molecular weight is 225 g/mol. The quantitative estimate of drug-likeness (QED) is 0.827. The molecule has 1 fully saturated rings. The molecule has 0 amide bonds. The highest BCUT2D eigenvalue weighted by atomic mass is 32.1. The maximum atomic E-state index is 5.65. The number of hydrogen-bond acceptors (Lipinski definition) is 4. The summed E-state index contributed by atoms with van der Waals surface area (Å²) in [7, 11) is 4.18. The molecule has 1 aromatic heterocycles. The maximum absolute atomic E-state index is 5.65. The molecule has 0 atom stereocenters. The molecule has 0 spiro atoms. The Bertz CT molecular complexity index is 328. The van der Waals surface area contributed by atoms with Gasteiger partial charge >= 0.3 is 0 Å². The van der Waals surface area contributed by atoms with Crippen molar-refractivity contribution in [3.05, 3.63) is 16.1 Å². The Hall–Kier alpha value is -0.450. The summed E-state index contributed by atoms with van der Waals surface area (Å²) < 4.78 is 0. The molecule has 1 saturated carbocycles. The van der Waals surface area contributed by atoms with Gasteiger partial charge in [-0.3, -0.25) is 0 Å². The summed E-state index contributed by atoms with van der Waals surface area (Å²) in [4.78, 5) is 8.10. The Balaban J connectivity index is 2.07. The van der Waals surface area contributed by atoms with Gasteiger partial charge in [-0.15, -0.1) is 11.3 Å². The van der Waals surface area contributed by atoms with Crippen LogP contribution in [0, 0.1) is 0 Å². The van der Waals surface area contributed by atoms with E-state index in [9.17, 15) is 0 Å². The van der Waals surface area contributed by atoms with Gasteiger partial charge in [0.15, 0.2) is 0 Å². The fourth-order valence-electron chi connectivity index (χ4n) is 1.94. The topological polar surface area (TPSA) is 42.2 Å². The molecule has 15 heavy (non-hydrogen) atoms. The van der Waals surface area contributed by atoms with Crippen LogP contribution >= 0.6 is 11.3 Å². The minimum Gasteiger partial charge on any atom is -0.330 e. The summed E-state index contributed by atoms with van der Waals surface area (Å²) in [5.41, 5.74) is 6.01. The largest absolute Gasteiger partial charge is 0.330 e. The lowest BCUT2D eigenvalue weighted by Crippen LogP contribution is -2.12. The lowest BCUT2D eigenvalue weighted by molar-refractivity contribution is 0.406. The van der Waals surface area contributed by atoms with E-state index in [2.05, 4.69) is 24.0 Å². The van der Waals surface area contributed by atoms with Crippen LogP contribution in [0.2, 0.25) is 0 Å². The van der Waals surface area contributed by atoms with Crippen molar-refractivity contribution < 1.29 is 0 Å². The molecule has 2 N–H and O–H groups in total. The van der Waals surface area contributed by atoms with E-state index in [1.807, 2.05) is 17.5 Å². The van der Waals surface area contributed by atoms with E-state index in [0.717, 1.165) is 19.5 Å². The van der Waals surface area contributed by atoms with E-state index in [1.165, 1.54) is 22.7 Å². The second-order valence-electron chi connectivity index (χ2n) is 4.69. The van der Waals surface area contributed by atoms with Crippen LogP contribution in [0.3, 0.4) is 0 Å². The first-order valence-electron chi connectivity index (χ1n) is 5.46. The Morgan fingerprint density at radius 3 is 2.80 bits per heavy atom. The van der Waals surface area contributed by atoms with Gasteiger partial charge < -0.3 is 10.6 Å². The molecule has 0 aliphatic heterocycles. The molecule has 0 aromatic carbocycles. The first kappa shape index (κ1) is 11.0. The zero-order valence-corrected chi connectivity index (χ0v) is 10.3. The van der Waals surface area contributed by atoms with Gasteiger partial charge in [-0.2, -0.15) is 0 Å². The first-order valence-corrected chi connectivity index (χ1v) is 6.28. The third-order valence-electron chi connectivity index (χ3n) is 2.96. The van der Waals surface area contributed by atoms with Gasteiger partial charge in [0, 0.05) is 23.0 Å². The number of aromatic nitrogens is 1. The van der Waals surface area contributed by atoms with E-state index < -0.39 is 0 Å². The molecule has 0 unspecified atom stereocenters. The molecule has 0 radical (unpaired) electrons. The number of hydrogen-bond donors (Lipinski definition) is 1. The fourth-order valence-corrected chi connectivity index (χ4v) is 3.24. The van der Waals surface area contributed by atoms with Crippen LogP contribution in [0.4, 0.5) is 0 Å². The van der Waals surface area contributed by atoms with Crippen molar-refractivity contribution in [3.63, 3.8) is 0 Å². The Labute approximate surface area is 95.3 Å². The molecule has 0 bridgehead atoms. The van der Waals surface area contributed by atoms with Gasteiger partial charge in [0.1, 0.15) is 0 Å². The molecule has 84 valence electrons. The highest BCUT2D eigenvalue weighted by molar-refractivity contribution is 7.11. The molecule has 1 aliphatic rings. The monoisotopic (exact) mass is 225 g/mol. The van der Waals surface area contributed by atoms with Crippen LogP contribution in [-0.4, -0.2) is 30.5 Å². The lowest BCUT2D eigenvalue weighted by atomic mass is 10.0. The SMILES string of the molecule is CN(C)Cc1cnc(C2(CCN)CC2)s1. The van der Waals surface area contributed by atoms with Gasteiger partial charge in [-0.1, -0.05) is 0 Å². The average Bonchev–Trinajstić information content (AvgIpc) is 2.79. The minimum absolute atomic E-state index is 0.365. The standard InChI is InChI=1S/C11H19N3S/c1-14(2)8-9-7-13-10(15-9)11(3-4-11)5-6-12/h7H,3-6,8,12H2,1-2H3. The number of thiazole rings is 1. The van der Waals surface area contributed by atoms with Crippen LogP contribution < -0.4 is 5.73 Å². The van der Waals surface area contributed by atoms with Crippen LogP contribution in [0.15, 0.2) is 6.20 Å². The second-order valence-corrected chi connectivity index (χ2v) is 5.80. The Kier molecular flexibility index (Phi) is 3.09. The second kappa shape index (κ2) is 4.20. The van der Waals surface area contributed by atoms with E-state index in [-0.39, 0.29) is 0 Å². The summed E-state index contributed by atoms with van der Waals surface area (Å²) in [6.45, 7) is 1.78. The summed E-state index contributed by atoms with van der Waals surface area (Å²) in [5.74, 6) is 0. The lowest BCUT2D eigenvalue weighted by Gasteiger charge is -2.09. The zero-order chi connectivity index (χ0) is 10.9. The van der Waals surface area contributed by atoms with Crippen LogP contribution in [0.5, 0.6) is 0 Å². The fraction of sp³-hybridized carbons (Fsp3) is 0.727. The van der Waals surface area contributed by atoms with Crippen LogP contribution in [0.25, 0.3) is 0 Å². The van der Waals surface area contributed by atoms with Gasteiger partial charge in [-0.25, -0.2) is 4.98 Å². The molecular formula is C11H19N3S.